The van der Waals surface area contributed by atoms with Gasteiger partial charge in [0.1, 0.15) is 0 Å². The van der Waals surface area contributed by atoms with Crippen molar-refractivity contribution in [3.8, 4) is 0 Å². The SMILES string of the molecule is CC(C)N(C)c1ccc(Br)s1. The topological polar surface area (TPSA) is 3.24 Å². The fourth-order valence-electron chi connectivity index (χ4n) is 0.749. The van der Waals surface area contributed by atoms with Crippen molar-refractivity contribution in [1.82, 2.24) is 0 Å². The van der Waals surface area contributed by atoms with Crippen molar-refractivity contribution in [2.45, 2.75) is 19.9 Å². The highest BCUT2D eigenvalue weighted by molar-refractivity contribution is 9.11. The molecule has 0 bridgehead atoms. The van der Waals surface area contributed by atoms with E-state index < -0.39 is 0 Å². The van der Waals surface area contributed by atoms with Gasteiger partial charge >= 0.3 is 0 Å². The number of anilines is 1. The maximum atomic E-state index is 3.44. The summed E-state index contributed by atoms with van der Waals surface area (Å²) in [5, 5.41) is 1.31. The molecule has 1 rings (SSSR count). The summed E-state index contributed by atoms with van der Waals surface area (Å²) in [4.78, 5) is 2.26. The van der Waals surface area contributed by atoms with Crippen molar-refractivity contribution >= 4 is 32.3 Å². The van der Waals surface area contributed by atoms with E-state index in [9.17, 15) is 0 Å². The van der Waals surface area contributed by atoms with Crippen LogP contribution in [-0.2, 0) is 0 Å². The summed E-state index contributed by atoms with van der Waals surface area (Å²) in [6.45, 7) is 4.38. The zero-order valence-electron chi connectivity index (χ0n) is 6.97. The van der Waals surface area contributed by atoms with Crippen molar-refractivity contribution < 1.29 is 0 Å². The number of hydrogen-bond acceptors (Lipinski definition) is 2. The van der Waals surface area contributed by atoms with Crippen molar-refractivity contribution in [3.63, 3.8) is 0 Å². The van der Waals surface area contributed by atoms with Gasteiger partial charge in [0.2, 0.25) is 0 Å². The Morgan fingerprint density at radius 2 is 2.09 bits per heavy atom. The molecule has 0 spiro atoms. The number of nitrogens with zero attached hydrogens (tertiary/aromatic N) is 1. The average Bonchev–Trinajstić information content (AvgIpc) is 2.34. The molecule has 1 nitrogen and oxygen atoms in total. The molecule has 3 heteroatoms. The molecule has 0 aromatic carbocycles. The summed E-state index contributed by atoms with van der Waals surface area (Å²) >= 11 is 5.21. The van der Waals surface area contributed by atoms with Gasteiger partial charge in [-0.05, 0) is 41.9 Å². The van der Waals surface area contributed by atoms with E-state index >= 15 is 0 Å². The van der Waals surface area contributed by atoms with E-state index in [1.807, 2.05) is 0 Å². The van der Waals surface area contributed by atoms with Crippen LogP contribution in [0.15, 0.2) is 15.9 Å². The van der Waals surface area contributed by atoms with Crippen LogP contribution < -0.4 is 4.90 Å². The quantitative estimate of drug-likeness (QED) is 0.758. The van der Waals surface area contributed by atoms with E-state index in [4.69, 9.17) is 0 Å². The van der Waals surface area contributed by atoms with Crippen LogP contribution in [0.2, 0.25) is 0 Å². The van der Waals surface area contributed by atoms with E-state index in [-0.39, 0.29) is 0 Å². The van der Waals surface area contributed by atoms with Gasteiger partial charge in [-0.15, -0.1) is 11.3 Å². The maximum Gasteiger partial charge on any atom is 0.0920 e. The van der Waals surface area contributed by atoms with E-state index in [0.717, 1.165) is 0 Å². The monoisotopic (exact) mass is 233 g/mol. The lowest BCUT2D eigenvalue weighted by Crippen LogP contribution is -2.24. The Labute approximate surface area is 80.2 Å². The van der Waals surface area contributed by atoms with Crippen LogP contribution in [0.4, 0.5) is 5.00 Å². The second kappa shape index (κ2) is 3.59. The Hall–Kier alpha value is -0.0200. The van der Waals surface area contributed by atoms with Gasteiger partial charge < -0.3 is 4.90 Å². The van der Waals surface area contributed by atoms with Gasteiger partial charge in [0.05, 0.1) is 8.79 Å². The van der Waals surface area contributed by atoms with Crippen molar-refractivity contribution in [2.75, 3.05) is 11.9 Å². The maximum absolute atomic E-state index is 3.44. The standard InChI is InChI=1S/C8H12BrNS/c1-6(2)10(3)8-5-4-7(9)11-8/h4-6H,1-3H3. The van der Waals surface area contributed by atoms with Gasteiger partial charge in [0.15, 0.2) is 0 Å². The fraction of sp³-hybridized carbons (Fsp3) is 0.500. The largest absolute Gasteiger partial charge is 0.364 e. The minimum atomic E-state index is 0.570. The average molecular weight is 234 g/mol. The van der Waals surface area contributed by atoms with E-state index in [1.54, 1.807) is 11.3 Å². The zero-order chi connectivity index (χ0) is 8.43. The molecule has 11 heavy (non-hydrogen) atoms. The third-order valence-electron chi connectivity index (χ3n) is 1.68. The molecule has 0 aliphatic heterocycles. The summed E-state index contributed by atoms with van der Waals surface area (Å²) in [5.41, 5.74) is 0. The minimum absolute atomic E-state index is 0.570. The van der Waals surface area contributed by atoms with Gasteiger partial charge in [-0.1, -0.05) is 0 Å². The van der Waals surface area contributed by atoms with Crippen LogP contribution in [0.3, 0.4) is 0 Å². The summed E-state index contributed by atoms with van der Waals surface area (Å²) < 4.78 is 1.19. The van der Waals surface area contributed by atoms with Gasteiger partial charge in [0, 0.05) is 13.1 Å². The molecule has 0 aliphatic carbocycles. The summed E-state index contributed by atoms with van der Waals surface area (Å²) in [5.74, 6) is 0. The first-order valence-electron chi connectivity index (χ1n) is 3.59. The molecule has 0 amide bonds. The molecule has 0 N–H and O–H groups in total. The highest BCUT2D eigenvalue weighted by Gasteiger charge is 2.06. The van der Waals surface area contributed by atoms with Crippen molar-refractivity contribution in [1.29, 1.82) is 0 Å². The summed E-state index contributed by atoms with van der Waals surface area (Å²) in [6, 6.07) is 4.79. The third-order valence-corrected chi connectivity index (χ3v) is 3.40. The predicted octanol–water partition coefficient (Wildman–Crippen LogP) is 3.36. The number of rotatable bonds is 2. The van der Waals surface area contributed by atoms with Gasteiger partial charge in [-0.3, -0.25) is 0 Å². The summed E-state index contributed by atoms with van der Waals surface area (Å²) in [6.07, 6.45) is 0. The Bertz CT molecular complexity index is 232. The van der Waals surface area contributed by atoms with Gasteiger partial charge in [0.25, 0.3) is 0 Å². The van der Waals surface area contributed by atoms with Crippen molar-refractivity contribution in [3.05, 3.63) is 15.9 Å². The Morgan fingerprint density at radius 1 is 1.45 bits per heavy atom. The number of hydrogen-bond donors (Lipinski definition) is 0. The first-order valence-corrected chi connectivity index (χ1v) is 5.20. The Kier molecular flexibility index (Phi) is 2.96. The lowest BCUT2D eigenvalue weighted by atomic mass is 10.3. The van der Waals surface area contributed by atoms with E-state index in [1.165, 1.54) is 8.79 Å². The lowest BCUT2D eigenvalue weighted by Gasteiger charge is -2.21. The number of halogens is 1. The molecule has 0 saturated heterocycles. The Balaban J connectivity index is 2.76. The summed E-state index contributed by atoms with van der Waals surface area (Å²) in [7, 11) is 2.11. The lowest BCUT2D eigenvalue weighted by molar-refractivity contribution is 0.761. The molecular weight excluding hydrogens is 222 g/mol. The van der Waals surface area contributed by atoms with Crippen molar-refractivity contribution in [2.24, 2.45) is 0 Å². The molecule has 1 aromatic rings. The smallest absolute Gasteiger partial charge is 0.0920 e. The molecule has 0 unspecified atom stereocenters. The molecule has 0 fully saturated rings. The second-order valence-electron chi connectivity index (χ2n) is 2.78. The van der Waals surface area contributed by atoms with E-state index in [0.29, 0.717) is 6.04 Å². The minimum Gasteiger partial charge on any atom is -0.364 e. The van der Waals surface area contributed by atoms with Crippen LogP contribution in [0.5, 0.6) is 0 Å². The predicted molar refractivity (Wildman–Crippen MR) is 55.6 cm³/mol. The highest BCUT2D eigenvalue weighted by atomic mass is 79.9. The molecule has 0 radical (unpaired) electrons. The first kappa shape index (κ1) is 9.07. The third kappa shape index (κ3) is 2.20. The highest BCUT2D eigenvalue weighted by Crippen LogP contribution is 2.29. The number of thiophene rings is 1. The van der Waals surface area contributed by atoms with Gasteiger partial charge in [-0.2, -0.15) is 0 Å². The van der Waals surface area contributed by atoms with E-state index in [2.05, 4.69) is 53.9 Å². The molecule has 0 saturated carbocycles. The zero-order valence-corrected chi connectivity index (χ0v) is 9.37. The van der Waals surface area contributed by atoms with Crippen LogP contribution in [0, 0.1) is 0 Å². The van der Waals surface area contributed by atoms with Crippen LogP contribution >= 0.6 is 27.3 Å². The molecule has 62 valence electrons. The molecular formula is C8H12BrNS. The molecule has 1 aromatic heterocycles. The van der Waals surface area contributed by atoms with Gasteiger partial charge in [-0.25, -0.2) is 0 Å². The molecule has 0 aliphatic rings. The van der Waals surface area contributed by atoms with Crippen LogP contribution in [-0.4, -0.2) is 13.1 Å². The first-order chi connectivity index (χ1) is 5.11. The second-order valence-corrected chi connectivity index (χ2v) is 5.22. The van der Waals surface area contributed by atoms with Crippen LogP contribution in [0.25, 0.3) is 0 Å². The Morgan fingerprint density at radius 3 is 2.45 bits per heavy atom. The normalized spacial score (nSPS) is 10.6. The molecule has 0 atom stereocenters. The van der Waals surface area contributed by atoms with Crippen LogP contribution in [0.1, 0.15) is 13.8 Å². The molecule has 1 heterocycles. The fourth-order valence-corrected chi connectivity index (χ4v) is 2.21.